The van der Waals surface area contributed by atoms with E-state index < -0.39 is 0 Å². The monoisotopic (exact) mass is 270 g/mol. The minimum absolute atomic E-state index is 0.444. The third kappa shape index (κ3) is 2.74. The molecule has 4 nitrogen and oxygen atoms in total. The standard InChI is InChI=1S/C14H14N4S/c1-10-7-11(8-15)17-14(16-10)18(12-4-5-12)9-13-3-2-6-19-13/h2-3,6-7,12H,4-5,9H2,1H3. The molecule has 0 unspecified atom stereocenters. The first-order valence-corrected chi connectivity index (χ1v) is 7.19. The lowest BCUT2D eigenvalue weighted by molar-refractivity contribution is 0.761. The zero-order chi connectivity index (χ0) is 13.2. The predicted octanol–water partition coefficient (Wildman–Crippen LogP) is 2.89. The van der Waals surface area contributed by atoms with Crippen molar-refractivity contribution in [3.63, 3.8) is 0 Å². The van der Waals surface area contributed by atoms with Crippen molar-refractivity contribution in [3.05, 3.63) is 39.8 Å². The number of thiophene rings is 1. The summed E-state index contributed by atoms with van der Waals surface area (Å²) in [6.45, 7) is 2.74. The number of nitrogens with zero attached hydrogens (tertiary/aromatic N) is 4. The summed E-state index contributed by atoms with van der Waals surface area (Å²) in [5.41, 5.74) is 1.29. The molecule has 2 heterocycles. The first-order chi connectivity index (χ1) is 9.26. The quantitative estimate of drug-likeness (QED) is 0.857. The molecule has 0 radical (unpaired) electrons. The Kier molecular flexibility index (Phi) is 3.18. The van der Waals surface area contributed by atoms with E-state index in [-0.39, 0.29) is 0 Å². The molecule has 0 saturated heterocycles. The van der Waals surface area contributed by atoms with Gasteiger partial charge in [0.05, 0.1) is 6.54 Å². The Hall–Kier alpha value is -1.93. The van der Waals surface area contributed by atoms with Crippen molar-refractivity contribution in [1.82, 2.24) is 9.97 Å². The molecule has 1 saturated carbocycles. The van der Waals surface area contributed by atoms with Gasteiger partial charge in [0.2, 0.25) is 5.95 Å². The van der Waals surface area contributed by atoms with Crippen LogP contribution >= 0.6 is 11.3 Å². The number of nitriles is 1. The van der Waals surface area contributed by atoms with Crippen molar-refractivity contribution in [2.75, 3.05) is 4.90 Å². The maximum Gasteiger partial charge on any atom is 0.227 e. The molecule has 1 aliphatic rings. The van der Waals surface area contributed by atoms with Gasteiger partial charge in [0.25, 0.3) is 0 Å². The van der Waals surface area contributed by atoms with Crippen LogP contribution in [0.3, 0.4) is 0 Å². The first kappa shape index (κ1) is 12.1. The highest BCUT2D eigenvalue weighted by Gasteiger charge is 2.31. The summed E-state index contributed by atoms with van der Waals surface area (Å²) in [5, 5.41) is 11.1. The molecule has 5 heteroatoms. The van der Waals surface area contributed by atoms with Crippen LogP contribution in [0.2, 0.25) is 0 Å². The van der Waals surface area contributed by atoms with Crippen molar-refractivity contribution >= 4 is 17.3 Å². The van der Waals surface area contributed by atoms with Gasteiger partial charge < -0.3 is 4.90 Å². The second-order valence-corrected chi connectivity index (χ2v) is 5.78. The van der Waals surface area contributed by atoms with Crippen LogP contribution in [0.15, 0.2) is 23.6 Å². The lowest BCUT2D eigenvalue weighted by Crippen LogP contribution is -2.27. The van der Waals surface area contributed by atoms with Crippen LogP contribution < -0.4 is 4.90 Å². The molecule has 96 valence electrons. The van der Waals surface area contributed by atoms with E-state index in [1.807, 2.05) is 6.92 Å². The highest BCUT2D eigenvalue weighted by molar-refractivity contribution is 7.09. The van der Waals surface area contributed by atoms with Gasteiger partial charge in [-0.2, -0.15) is 5.26 Å². The highest BCUT2D eigenvalue weighted by Crippen LogP contribution is 2.32. The lowest BCUT2D eigenvalue weighted by atomic mass is 10.3. The molecule has 2 aromatic heterocycles. The molecule has 0 aliphatic heterocycles. The minimum atomic E-state index is 0.444. The Balaban J connectivity index is 1.92. The van der Waals surface area contributed by atoms with Crippen molar-refractivity contribution in [1.29, 1.82) is 5.26 Å². The molecular formula is C14H14N4S. The van der Waals surface area contributed by atoms with Gasteiger partial charge >= 0.3 is 0 Å². The van der Waals surface area contributed by atoms with Crippen LogP contribution in [0.1, 0.15) is 29.1 Å². The molecule has 0 bridgehead atoms. The molecular weight excluding hydrogens is 256 g/mol. The Labute approximate surface area is 116 Å². The molecule has 0 aromatic carbocycles. The zero-order valence-corrected chi connectivity index (χ0v) is 11.5. The third-order valence-corrected chi connectivity index (χ3v) is 3.97. The van der Waals surface area contributed by atoms with Gasteiger partial charge in [-0.3, -0.25) is 0 Å². The number of hydrogen-bond acceptors (Lipinski definition) is 5. The van der Waals surface area contributed by atoms with Gasteiger partial charge in [-0.15, -0.1) is 11.3 Å². The summed E-state index contributed by atoms with van der Waals surface area (Å²) >= 11 is 1.74. The topological polar surface area (TPSA) is 52.8 Å². The number of aromatic nitrogens is 2. The predicted molar refractivity (Wildman–Crippen MR) is 75.0 cm³/mol. The molecule has 19 heavy (non-hydrogen) atoms. The zero-order valence-electron chi connectivity index (χ0n) is 10.7. The number of anilines is 1. The van der Waals surface area contributed by atoms with Crippen LogP contribution in [-0.4, -0.2) is 16.0 Å². The Bertz CT molecular complexity index is 611. The van der Waals surface area contributed by atoms with E-state index >= 15 is 0 Å². The maximum absolute atomic E-state index is 9.02. The second kappa shape index (κ2) is 4.98. The first-order valence-electron chi connectivity index (χ1n) is 6.31. The van der Waals surface area contributed by atoms with Crippen LogP contribution in [-0.2, 0) is 6.54 Å². The van der Waals surface area contributed by atoms with Crippen molar-refractivity contribution in [3.8, 4) is 6.07 Å². The van der Waals surface area contributed by atoms with Gasteiger partial charge in [-0.05, 0) is 37.3 Å². The minimum Gasteiger partial charge on any atom is -0.333 e. The summed E-state index contributed by atoms with van der Waals surface area (Å²) in [7, 11) is 0. The number of aryl methyl sites for hydroxylation is 1. The number of rotatable bonds is 4. The molecule has 0 atom stereocenters. The van der Waals surface area contributed by atoms with Gasteiger partial charge in [0.1, 0.15) is 11.8 Å². The van der Waals surface area contributed by atoms with Gasteiger partial charge in [-0.1, -0.05) is 6.07 Å². The van der Waals surface area contributed by atoms with Crippen molar-refractivity contribution < 1.29 is 0 Å². The van der Waals surface area contributed by atoms with Gasteiger partial charge in [0.15, 0.2) is 0 Å². The molecule has 1 fully saturated rings. The van der Waals surface area contributed by atoms with Crippen molar-refractivity contribution in [2.24, 2.45) is 0 Å². The maximum atomic E-state index is 9.02. The summed E-state index contributed by atoms with van der Waals surface area (Å²) in [6, 6.07) is 8.54. The van der Waals surface area contributed by atoms with E-state index in [0.29, 0.717) is 17.7 Å². The highest BCUT2D eigenvalue weighted by atomic mass is 32.1. The summed E-state index contributed by atoms with van der Waals surface area (Å²) in [4.78, 5) is 12.4. The lowest BCUT2D eigenvalue weighted by Gasteiger charge is -2.22. The van der Waals surface area contributed by atoms with E-state index in [2.05, 4.69) is 38.4 Å². The fourth-order valence-corrected chi connectivity index (χ4v) is 2.76. The molecule has 3 rings (SSSR count). The largest absolute Gasteiger partial charge is 0.333 e. The Morgan fingerprint density at radius 1 is 1.47 bits per heavy atom. The van der Waals surface area contributed by atoms with Crippen LogP contribution in [0.25, 0.3) is 0 Å². The number of hydrogen-bond donors (Lipinski definition) is 0. The summed E-state index contributed by atoms with van der Waals surface area (Å²) in [5.74, 6) is 0.687. The SMILES string of the molecule is Cc1cc(C#N)nc(N(Cc2cccs2)C2CC2)n1. The molecule has 0 spiro atoms. The average molecular weight is 270 g/mol. The van der Waals surface area contributed by atoms with E-state index in [4.69, 9.17) is 5.26 Å². The van der Waals surface area contributed by atoms with Gasteiger partial charge in [0, 0.05) is 16.6 Å². The van der Waals surface area contributed by atoms with Crippen LogP contribution in [0, 0.1) is 18.3 Å². The summed E-state index contributed by atoms with van der Waals surface area (Å²) in [6.07, 6.45) is 2.37. The van der Waals surface area contributed by atoms with Crippen molar-refractivity contribution in [2.45, 2.75) is 32.4 Å². The van der Waals surface area contributed by atoms with E-state index in [1.165, 1.54) is 17.7 Å². The van der Waals surface area contributed by atoms with Crippen LogP contribution in [0.4, 0.5) is 5.95 Å². The Morgan fingerprint density at radius 3 is 2.95 bits per heavy atom. The normalized spacial score (nSPS) is 14.1. The van der Waals surface area contributed by atoms with Crippen LogP contribution in [0.5, 0.6) is 0 Å². The molecule has 0 N–H and O–H groups in total. The fourth-order valence-electron chi connectivity index (χ4n) is 2.06. The van der Waals surface area contributed by atoms with E-state index in [1.54, 1.807) is 17.4 Å². The van der Waals surface area contributed by atoms with E-state index in [9.17, 15) is 0 Å². The third-order valence-electron chi connectivity index (χ3n) is 3.11. The fraction of sp³-hybridized carbons (Fsp3) is 0.357. The Morgan fingerprint density at radius 2 is 2.32 bits per heavy atom. The molecule has 0 amide bonds. The second-order valence-electron chi connectivity index (χ2n) is 4.74. The average Bonchev–Trinajstić information content (AvgIpc) is 3.12. The smallest absolute Gasteiger partial charge is 0.227 e. The van der Waals surface area contributed by atoms with E-state index in [0.717, 1.165) is 12.2 Å². The van der Waals surface area contributed by atoms with Gasteiger partial charge in [-0.25, -0.2) is 9.97 Å². The summed E-state index contributed by atoms with van der Waals surface area (Å²) < 4.78 is 0. The molecule has 1 aliphatic carbocycles. The molecule has 2 aromatic rings.